The van der Waals surface area contributed by atoms with Crippen molar-refractivity contribution in [3.05, 3.63) is 0 Å². The summed E-state index contributed by atoms with van der Waals surface area (Å²) >= 11 is 7.08. The number of carbonyl (C=O) groups is 1. The lowest BCUT2D eigenvalue weighted by Gasteiger charge is -2.35. The first-order valence-electron chi connectivity index (χ1n) is 4.59. The van der Waals surface area contributed by atoms with Gasteiger partial charge in [-0.05, 0) is 6.92 Å². The van der Waals surface area contributed by atoms with Gasteiger partial charge in [0.15, 0.2) is 4.93 Å². The zero-order valence-electron chi connectivity index (χ0n) is 8.42. The molecule has 14 heavy (non-hydrogen) atoms. The van der Waals surface area contributed by atoms with E-state index in [2.05, 4.69) is 6.92 Å². The van der Waals surface area contributed by atoms with Gasteiger partial charge in [0, 0.05) is 11.1 Å². The van der Waals surface area contributed by atoms with Crippen LogP contribution in [0.3, 0.4) is 0 Å². The summed E-state index contributed by atoms with van der Waals surface area (Å²) in [7, 11) is 0. The molecule has 82 valence electrons. The summed E-state index contributed by atoms with van der Waals surface area (Å²) < 4.78 is 10.6. The number of esters is 1. The van der Waals surface area contributed by atoms with Crippen LogP contribution in [0.15, 0.2) is 0 Å². The quantitative estimate of drug-likeness (QED) is 0.557. The first kappa shape index (κ1) is 12.1. The predicted molar refractivity (Wildman–Crippen MR) is 57.7 cm³/mol. The van der Waals surface area contributed by atoms with Crippen LogP contribution in [0.1, 0.15) is 20.3 Å². The minimum Gasteiger partial charge on any atom is -0.446 e. The molecule has 0 spiro atoms. The summed E-state index contributed by atoms with van der Waals surface area (Å²) in [5, 5.41) is 0.359. The Kier molecular flexibility index (Phi) is 4.54. The number of carbonyl (C=O) groups excluding carboxylic acids is 1. The SMILES string of the molecule is CC1COCC(C)(OC(=O)CCCl)S1. The molecule has 1 heterocycles. The van der Waals surface area contributed by atoms with Crippen molar-refractivity contribution in [2.75, 3.05) is 19.1 Å². The van der Waals surface area contributed by atoms with Crippen molar-refractivity contribution in [2.24, 2.45) is 0 Å². The van der Waals surface area contributed by atoms with Crippen molar-refractivity contribution in [3.63, 3.8) is 0 Å². The topological polar surface area (TPSA) is 35.5 Å². The third-order valence-corrected chi connectivity index (χ3v) is 3.22. The van der Waals surface area contributed by atoms with Crippen LogP contribution in [-0.2, 0) is 14.3 Å². The number of halogens is 1. The first-order valence-corrected chi connectivity index (χ1v) is 6.00. The van der Waals surface area contributed by atoms with Crippen LogP contribution < -0.4 is 0 Å². The zero-order valence-corrected chi connectivity index (χ0v) is 9.99. The van der Waals surface area contributed by atoms with E-state index in [1.807, 2.05) is 6.92 Å². The molecule has 2 unspecified atom stereocenters. The van der Waals surface area contributed by atoms with Crippen molar-refractivity contribution >= 4 is 29.3 Å². The Hall–Kier alpha value is 0.0700. The standard InChI is InChI=1S/C9H15ClO3S/c1-7-5-12-6-9(2,14-7)13-8(11)3-4-10/h7H,3-6H2,1-2H3. The summed E-state index contributed by atoms with van der Waals surface area (Å²) in [5.41, 5.74) is 0. The molecule has 0 N–H and O–H groups in total. The Labute approximate surface area is 93.5 Å². The zero-order chi connectivity index (χ0) is 10.6. The van der Waals surface area contributed by atoms with Crippen LogP contribution in [0.5, 0.6) is 0 Å². The Morgan fingerprint density at radius 1 is 1.79 bits per heavy atom. The average molecular weight is 239 g/mol. The third-order valence-electron chi connectivity index (χ3n) is 1.80. The van der Waals surface area contributed by atoms with Crippen molar-refractivity contribution in [3.8, 4) is 0 Å². The van der Waals surface area contributed by atoms with Crippen LogP contribution in [0.2, 0.25) is 0 Å². The van der Waals surface area contributed by atoms with Gasteiger partial charge in [-0.3, -0.25) is 4.79 Å². The van der Waals surface area contributed by atoms with Gasteiger partial charge in [0.2, 0.25) is 0 Å². The number of hydrogen-bond donors (Lipinski definition) is 0. The van der Waals surface area contributed by atoms with Crippen LogP contribution in [-0.4, -0.2) is 35.2 Å². The number of alkyl halides is 1. The maximum atomic E-state index is 11.2. The van der Waals surface area contributed by atoms with Crippen molar-refractivity contribution in [2.45, 2.75) is 30.5 Å². The lowest BCUT2D eigenvalue weighted by Crippen LogP contribution is -2.40. The van der Waals surface area contributed by atoms with Gasteiger partial charge in [0.25, 0.3) is 0 Å². The van der Waals surface area contributed by atoms with E-state index in [-0.39, 0.29) is 12.4 Å². The molecule has 0 bridgehead atoms. The van der Waals surface area contributed by atoms with Crippen LogP contribution in [0, 0.1) is 0 Å². The molecule has 0 aromatic heterocycles. The minimum atomic E-state index is -0.541. The van der Waals surface area contributed by atoms with Gasteiger partial charge in [-0.15, -0.1) is 23.4 Å². The van der Waals surface area contributed by atoms with E-state index in [0.29, 0.717) is 24.3 Å². The monoisotopic (exact) mass is 238 g/mol. The molecule has 1 saturated heterocycles. The van der Waals surface area contributed by atoms with E-state index in [1.165, 1.54) is 0 Å². The summed E-state index contributed by atoms with van der Waals surface area (Å²) in [5.74, 6) is 0.0448. The van der Waals surface area contributed by atoms with Gasteiger partial charge in [0.05, 0.1) is 19.6 Å². The molecular weight excluding hydrogens is 224 g/mol. The van der Waals surface area contributed by atoms with Crippen LogP contribution in [0.4, 0.5) is 0 Å². The summed E-state index contributed by atoms with van der Waals surface area (Å²) in [6.07, 6.45) is 0.256. The van der Waals surface area contributed by atoms with Gasteiger partial charge in [0.1, 0.15) is 0 Å². The molecule has 1 fully saturated rings. The van der Waals surface area contributed by atoms with Crippen LogP contribution in [0.25, 0.3) is 0 Å². The van der Waals surface area contributed by atoms with Gasteiger partial charge < -0.3 is 9.47 Å². The highest BCUT2D eigenvalue weighted by molar-refractivity contribution is 8.01. The normalized spacial score (nSPS) is 32.6. The fourth-order valence-electron chi connectivity index (χ4n) is 1.33. The molecule has 0 aromatic rings. The minimum absolute atomic E-state index is 0.256. The fraction of sp³-hybridized carbons (Fsp3) is 0.889. The summed E-state index contributed by atoms with van der Waals surface area (Å²) in [6, 6.07) is 0. The molecule has 1 rings (SSSR count). The Morgan fingerprint density at radius 2 is 2.50 bits per heavy atom. The predicted octanol–water partition coefficient (Wildman–Crippen LogP) is 2.03. The van der Waals surface area contributed by atoms with E-state index in [9.17, 15) is 4.79 Å². The number of hydrogen-bond acceptors (Lipinski definition) is 4. The summed E-state index contributed by atoms with van der Waals surface area (Å²) in [4.78, 5) is 10.7. The molecule has 0 aliphatic carbocycles. The first-order chi connectivity index (χ1) is 6.56. The highest BCUT2D eigenvalue weighted by Crippen LogP contribution is 2.34. The molecular formula is C9H15ClO3S. The van der Waals surface area contributed by atoms with E-state index in [1.54, 1.807) is 11.8 Å². The highest BCUT2D eigenvalue weighted by Gasteiger charge is 2.35. The Bertz CT molecular complexity index is 212. The second-order valence-corrected chi connectivity index (χ2v) is 5.77. The Morgan fingerprint density at radius 3 is 3.07 bits per heavy atom. The van der Waals surface area contributed by atoms with Gasteiger partial charge in [-0.25, -0.2) is 0 Å². The lowest BCUT2D eigenvalue weighted by atomic mass is 10.4. The molecule has 0 radical (unpaired) electrons. The molecule has 5 heteroatoms. The maximum Gasteiger partial charge on any atom is 0.308 e. The number of rotatable bonds is 3. The number of ether oxygens (including phenoxy) is 2. The molecule has 2 atom stereocenters. The molecule has 1 aliphatic heterocycles. The van der Waals surface area contributed by atoms with Gasteiger partial charge in [-0.1, -0.05) is 6.92 Å². The van der Waals surface area contributed by atoms with E-state index >= 15 is 0 Å². The summed E-state index contributed by atoms with van der Waals surface area (Å²) in [6.45, 7) is 5.10. The second kappa shape index (κ2) is 5.24. The lowest BCUT2D eigenvalue weighted by molar-refractivity contribution is -0.154. The average Bonchev–Trinajstić information content (AvgIpc) is 2.02. The smallest absolute Gasteiger partial charge is 0.308 e. The highest BCUT2D eigenvalue weighted by atomic mass is 35.5. The fourth-order valence-corrected chi connectivity index (χ4v) is 2.79. The van der Waals surface area contributed by atoms with E-state index < -0.39 is 4.93 Å². The molecule has 3 nitrogen and oxygen atoms in total. The molecule has 0 amide bonds. The maximum absolute atomic E-state index is 11.2. The van der Waals surface area contributed by atoms with Crippen molar-refractivity contribution in [1.82, 2.24) is 0 Å². The van der Waals surface area contributed by atoms with E-state index in [0.717, 1.165) is 0 Å². The molecule has 0 saturated carbocycles. The molecule has 1 aliphatic rings. The Balaban J connectivity index is 2.43. The van der Waals surface area contributed by atoms with Crippen molar-refractivity contribution < 1.29 is 14.3 Å². The second-order valence-electron chi connectivity index (χ2n) is 3.49. The number of thioether (sulfide) groups is 1. The molecule has 0 aromatic carbocycles. The van der Waals surface area contributed by atoms with Crippen molar-refractivity contribution in [1.29, 1.82) is 0 Å². The van der Waals surface area contributed by atoms with Crippen LogP contribution >= 0.6 is 23.4 Å². The third kappa shape index (κ3) is 3.67. The van der Waals surface area contributed by atoms with Gasteiger partial charge >= 0.3 is 5.97 Å². The van der Waals surface area contributed by atoms with E-state index in [4.69, 9.17) is 21.1 Å². The van der Waals surface area contributed by atoms with Gasteiger partial charge in [-0.2, -0.15) is 0 Å². The largest absolute Gasteiger partial charge is 0.446 e.